The molecule has 4 aromatic carbocycles. The van der Waals surface area contributed by atoms with Gasteiger partial charge in [0.1, 0.15) is 5.75 Å². The third kappa shape index (κ3) is 8.28. The molecule has 312 valence electrons. The number of aliphatic hydroxyl groups is 1. The predicted molar refractivity (Wildman–Crippen MR) is 239 cm³/mol. The lowest BCUT2D eigenvalue weighted by atomic mass is 9.68. The molecule has 2 N–H and O–H groups in total. The molecule has 4 aromatic rings. The van der Waals surface area contributed by atoms with E-state index in [2.05, 4.69) is 66.8 Å². The van der Waals surface area contributed by atoms with Crippen molar-refractivity contribution in [1.29, 1.82) is 0 Å². The minimum atomic E-state index is -4.17. The Morgan fingerprint density at radius 3 is 2.37 bits per heavy atom. The van der Waals surface area contributed by atoms with E-state index in [9.17, 15) is 18.3 Å². The van der Waals surface area contributed by atoms with Crippen LogP contribution in [0.5, 0.6) is 5.75 Å². The van der Waals surface area contributed by atoms with Crippen molar-refractivity contribution in [2.75, 3.05) is 31.2 Å². The van der Waals surface area contributed by atoms with Gasteiger partial charge in [-0.05, 0) is 120 Å². The average Bonchev–Trinajstić information content (AvgIpc) is 3.35. The van der Waals surface area contributed by atoms with E-state index >= 15 is 0 Å². The molecule has 11 heteroatoms. The van der Waals surface area contributed by atoms with Crippen LogP contribution in [0, 0.1) is 11.8 Å². The molecule has 2 aliphatic carbocycles. The number of nitrogens with zero attached hydrogens (tertiary/aromatic N) is 1. The lowest BCUT2D eigenvalue weighted by Crippen LogP contribution is -2.66. The van der Waals surface area contributed by atoms with Crippen LogP contribution in [-0.4, -0.2) is 65.4 Å². The molecule has 0 aromatic heterocycles. The molecule has 8 rings (SSSR count). The number of fused-ring (bicyclic) bond motifs is 4. The van der Waals surface area contributed by atoms with Gasteiger partial charge in [0, 0.05) is 35.7 Å². The molecule has 0 saturated heterocycles. The first kappa shape index (κ1) is 41.8. The predicted octanol–water partition coefficient (Wildman–Crippen LogP) is 7.95. The summed E-state index contributed by atoms with van der Waals surface area (Å²) in [5.74, 6) is 0.314. The highest BCUT2D eigenvalue weighted by molar-refractivity contribution is 7.90. The highest BCUT2D eigenvalue weighted by Crippen LogP contribution is 2.47. The van der Waals surface area contributed by atoms with Gasteiger partial charge in [-0.15, -0.1) is 0 Å². The van der Waals surface area contributed by atoms with Gasteiger partial charge in [-0.2, -0.15) is 0 Å². The third-order valence-corrected chi connectivity index (χ3v) is 20.6. The zero-order valence-electron chi connectivity index (χ0n) is 34.4. The van der Waals surface area contributed by atoms with Crippen LogP contribution in [0.15, 0.2) is 109 Å². The Labute approximate surface area is 356 Å². The quantitative estimate of drug-likeness (QED) is 0.150. The first-order chi connectivity index (χ1) is 28.3. The summed E-state index contributed by atoms with van der Waals surface area (Å²) < 4.78 is 45.0. The van der Waals surface area contributed by atoms with Gasteiger partial charge in [-0.1, -0.05) is 111 Å². The average molecular weight is 854 g/mol. The standard InChI is InChI=1S/C48H57ClN2O6SSi/c1-47(2,3)59(39-15-6-4-7-16-39,40-17-8-5-9-18-40)57-28-26-38-14-10-11-19-44(52)41-23-20-36(41)31-51-32-48(27-12-13-34-29-37(49)22-24-42(34)48)33-56-45-25-21-35(30-43(45)51)46(53)50-58(38,54)55/h4-9,11,15-19,21-22,24-25,29-30,36,38,41,44,52H,10,12-14,20,23,26-28,31-33H2,1-3H3,(H,50,53)/b19-11-/t36-,38+,41+,44-,48-/m0/s1. The normalized spacial score (nSPS) is 26.3. The smallest absolute Gasteiger partial charge is 0.264 e. The van der Waals surface area contributed by atoms with Crippen LogP contribution in [0.4, 0.5) is 5.69 Å². The molecule has 1 spiro atoms. The van der Waals surface area contributed by atoms with E-state index in [1.165, 1.54) is 11.1 Å². The molecule has 0 radical (unpaired) electrons. The number of rotatable bonds is 6. The van der Waals surface area contributed by atoms with Crippen molar-refractivity contribution >= 4 is 51.9 Å². The third-order valence-electron chi connectivity index (χ3n) is 13.5. The summed E-state index contributed by atoms with van der Waals surface area (Å²) in [5, 5.41) is 13.3. The molecule has 0 unspecified atom stereocenters. The second-order valence-electron chi connectivity index (χ2n) is 18.2. The Morgan fingerprint density at radius 1 is 0.966 bits per heavy atom. The van der Waals surface area contributed by atoms with Crippen LogP contribution >= 0.6 is 11.6 Å². The van der Waals surface area contributed by atoms with E-state index in [0.29, 0.717) is 31.9 Å². The van der Waals surface area contributed by atoms with Gasteiger partial charge in [0.15, 0.2) is 0 Å². The molecule has 1 saturated carbocycles. The van der Waals surface area contributed by atoms with Crippen molar-refractivity contribution < 1.29 is 27.5 Å². The number of amides is 1. The number of hydrogen-bond acceptors (Lipinski definition) is 7. The van der Waals surface area contributed by atoms with E-state index in [4.69, 9.17) is 20.8 Å². The zero-order chi connectivity index (χ0) is 41.4. The van der Waals surface area contributed by atoms with E-state index in [1.807, 2.05) is 60.7 Å². The Bertz CT molecular complexity index is 2240. The number of carbonyl (C=O) groups excluding carboxylic acids is 1. The van der Waals surface area contributed by atoms with Crippen molar-refractivity contribution in [1.82, 2.24) is 4.72 Å². The first-order valence-corrected chi connectivity index (χ1v) is 25.1. The highest BCUT2D eigenvalue weighted by Gasteiger charge is 2.50. The van der Waals surface area contributed by atoms with Crippen molar-refractivity contribution in [2.45, 2.75) is 93.9 Å². The van der Waals surface area contributed by atoms with E-state index in [-0.39, 0.29) is 47.3 Å². The second kappa shape index (κ2) is 16.8. The number of hydrogen-bond donors (Lipinski definition) is 2. The number of halogens is 1. The van der Waals surface area contributed by atoms with Crippen molar-refractivity contribution in [3.8, 4) is 5.75 Å². The molecular formula is C48H57ClN2O6SSi. The molecule has 5 atom stereocenters. The fraction of sp³-hybridized carbons (Fsp3) is 0.438. The van der Waals surface area contributed by atoms with Crippen LogP contribution in [0.3, 0.4) is 0 Å². The van der Waals surface area contributed by atoms with E-state index in [1.54, 1.807) is 12.1 Å². The zero-order valence-corrected chi connectivity index (χ0v) is 37.0. The van der Waals surface area contributed by atoms with Gasteiger partial charge in [0.2, 0.25) is 10.0 Å². The number of aryl methyl sites for hydroxylation is 1. The molecule has 2 heterocycles. The molecule has 2 aliphatic heterocycles. The molecule has 8 nitrogen and oxygen atoms in total. The Morgan fingerprint density at radius 2 is 1.69 bits per heavy atom. The number of allylic oxidation sites excluding steroid dienone is 1. The molecule has 1 amide bonds. The highest BCUT2D eigenvalue weighted by atomic mass is 35.5. The van der Waals surface area contributed by atoms with Gasteiger partial charge < -0.3 is 19.2 Å². The first-order valence-electron chi connectivity index (χ1n) is 21.3. The maximum atomic E-state index is 14.4. The minimum absolute atomic E-state index is 0.0750. The molecule has 4 aliphatic rings. The summed E-state index contributed by atoms with van der Waals surface area (Å²) in [7, 11) is -7.10. The summed E-state index contributed by atoms with van der Waals surface area (Å²) in [4.78, 5) is 16.4. The van der Waals surface area contributed by atoms with Crippen LogP contribution in [0.25, 0.3) is 0 Å². The number of aliphatic hydroxyl groups excluding tert-OH is 1. The largest absolute Gasteiger partial charge is 0.490 e. The maximum Gasteiger partial charge on any atom is 0.264 e. The fourth-order valence-corrected chi connectivity index (χ4v) is 16.5. The summed E-state index contributed by atoms with van der Waals surface area (Å²) in [6, 6.07) is 32.0. The Balaban J connectivity index is 1.11. The van der Waals surface area contributed by atoms with Gasteiger partial charge in [-0.25, -0.2) is 13.1 Å². The number of nitrogens with one attached hydrogen (secondary N) is 1. The number of anilines is 1. The number of benzene rings is 4. The molecule has 1 fully saturated rings. The summed E-state index contributed by atoms with van der Waals surface area (Å²) >= 11 is 6.47. The topological polar surface area (TPSA) is 105 Å². The lowest BCUT2D eigenvalue weighted by Gasteiger charge is -2.45. The SMILES string of the molecule is CC(C)(C)[Si](OCC[C@H]1CC/C=C\[C@H](O)[C@@H]2CC[C@H]2CN2C[C@@]3(CCCc4cc(Cl)ccc43)COc3ccc(cc32)C(=O)NS1(=O)=O)(c1ccccc1)c1ccccc1. The van der Waals surface area contributed by atoms with E-state index < -0.39 is 35.6 Å². The van der Waals surface area contributed by atoms with Gasteiger partial charge in [-0.3, -0.25) is 4.79 Å². The Hall–Kier alpha value is -3.93. The molecule has 2 bridgehead atoms. The molecule has 59 heavy (non-hydrogen) atoms. The van der Waals surface area contributed by atoms with Crippen molar-refractivity contribution in [3.63, 3.8) is 0 Å². The fourth-order valence-electron chi connectivity index (χ4n) is 10.3. The van der Waals surface area contributed by atoms with Crippen molar-refractivity contribution in [3.05, 3.63) is 131 Å². The lowest BCUT2D eigenvalue weighted by molar-refractivity contribution is 0.0456. The van der Waals surface area contributed by atoms with E-state index in [0.717, 1.165) is 53.2 Å². The van der Waals surface area contributed by atoms with Crippen LogP contribution < -0.4 is 24.7 Å². The number of sulfonamides is 1. The monoisotopic (exact) mass is 852 g/mol. The van der Waals surface area contributed by atoms with Crippen LogP contribution in [-0.2, 0) is 26.3 Å². The van der Waals surface area contributed by atoms with Gasteiger partial charge in [0.05, 0.1) is 23.6 Å². The number of ether oxygens (including phenoxy) is 1. The second-order valence-corrected chi connectivity index (χ2v) is 24.9. The molecular weight excluding hydrogens is 796 g/mol. The summed E-state index contributed by atoms with van der Waals surface area (Å²) in [6.45, 7) is 8.60. The van der Waals surface area contributed by atoms with Crippen LogP contribution in [0.1, 0.15) is 87.2 Å². The minimum Gasteiger partial charge on any atom is -0.490 e. The maximum absolute atomic E-state index is 14.4. The number of carbonyl (C=O) groups is 1. The summed E-state index contributed by atoms with van der Waals surface area (Å²) in [6.07, 6.45) is 8.83. The van der Waals surface area contributed by atoms with Crippen molar-refractivity contribution in [2.24, 2.45) is 11.8 Å². The Kier molecular flexibility index (Phi) is 11.9. The van der Waals surface area contributed by atoms with Gasteiger partial charge >= 0.3 is 0 Å². The van der Waals surface area contributed by atoms with Gasteiger partial charge in [0.25, 0.3) is 14.2 Å². The van der Waals surface area contributed by atoms with Crippen LogP contribution in [0.2, 0.25) is 10.1 Å². The summed E-state index contributed by atoms with van der Waals surface area (Å²) in [5.41, 5.74) is 3.21.